The Hall–Kier alpha value is -1.14. The summed E-state index contributed by atoms with van der Waals surface area (Å²) in [5.41, 5.74) is 1.16. The molecule has 17 heavy (non-hydrogen) atoms. The predicted octanol–water partition coefficient (Wildman–Crippen LogP) is 4.12. The average molecular weight is 356 g/mol. The lowest BCUT2D eigenvalue weighted by molar-refractivity contribution is -0.131. The van der Waals surface area contributed by atoms with E-state index in [1.54, 1.807) is 17.4 Å². The van der Waals surface area contributed by atoms with Crippen molar-refractivity contribution in [3.8, 4) is 10.4 Å². The van der Waals surface area contributed by atoms with E-state index < -0.39 is 5.97 Å². The van der Waals surface area contributed by atoms with Gasteiger partial charge in [-0.1, -0.05) is 12.1 Å². The summed E-state index contributed by atoms with van der Waals surface area (Å²) in [6.07, 6.45) is 2.77. The summed E-state index contributed by atoms with van der Waals surface area (Å²) in [5.74, 6) is -0.922. The van der Waals surface area contributed by atoms with Crippen molar-refractivity contribution < 1.29 is 9.90 Å². The van der Waals surface area contributed by atoms with Gasteiger partial charge in [-0.2, -0.15) is 0 Å². The Bertz CT molecular complexity index is 555. The maximum absolute atomic E-state index is 10.4. The molecule has 1 aromatic heterocycles. The van der Waals surface area contributed by atoms with E-state index in [1.165, 1.54) is 3.57 Å². The highest BCUT2D eigenvalue weighted by molar-refractivity contribution is 14.1. The lowest BCUT2D eigenvalue weighted by Gasteiger charge is -1.96. The van der Waals surface area contributed by atoms with Gasteiger partial charge in [0.05, 0.1) is 0 Å². The number of hydrogen-bond acceptors (Lipinski definition) is 2. The molecule has 0 spiro atoms. The Morgan fingerprint density at radius 2 is 1.88 bits per heavy atom. The minimum absolute atomic E-state index is 0.922. The molecule has 0 unspecified atom stereocenters. The number of carbonyl (C=O) groups is 1. The van der Waals surface area contributed by atoms with Crippen molar-refractivity contribution in [2.45, 2.75) is 0 Å². The molecule has 2 rings (SSSR count). The van der Waals surface area contributed by atoms with Crippen molar-refractivity contribution in [1.29, 1.82) is 0 Å². The lowest BCUT2D eigenvalue weighted by Crippen LogP contribution is -1.84. The van der Waals surface area contributed by atoms with Crippen LogP contribution in [-0.4, -0.2) is 11.1 Å². The maximum Gasteiger partial charge on any atom is 0.328 e. The van der Waals surface area contributed by atoms with Crippen LogP contribution in [0.15, 0.2) is 42.5 Å². The third-order valence-electron chi connectivity index (χ3n) is 2.15. The summed E-state index contributed by atoms with van der Waals surface area (Å²) >= 11 is 3.85. The van der Waals surface area contributed by atoms with Crippen LogP contribution in [0, 0.1) is 3.57 Å². The number of carboxylic acids is 1. The number of thiophene rings is 1. The second-order valence-corrected chi connectivity index (χ2v) is 5.74. The third kappa shape index (κ3) is 3.41. The van der Waals surface area contributed by atoms with Gasteiger partial charge in [-0.05, 0) is 58.5 Å². The largest absolute Gasteiger partial charge is 0.478 e. The minimum atomic E-state index is -0.922. The fourth-order valence-corrected chi connectivity index (χ4v) is 2.64. The maximum atomic E-state index is 10.4. The highest BCUT2D eigenvalue weighted by Gasteiger charge is 2.01. The highest BCUT2D eigenvalue weighted by Crippen LogP contribution is 2.29. The molecule has 0 saturated carbocycles. The molecule has 0 amide bonds. The molecule has 0 aliphatic heterocycles. The van der Waals surface area contributed by atoms with E-state index in [9.17, 15) is 4.79 Å². The Morgan fingerprint density at radius 3 is 2.53 bits per heavy atom. The fraction of sp³-hybridized carbons (Fsp3) is 0. The number of carboxylic acid groups (broad SMARTS) is 1. The highest BCUT2D eigenvalue weighted by atomic mass is 127. The molecule has 0 saturated heterocycles. The van der Waals surface area contributed by atoms with Gasteiger partial charge >= 0.3 is 5.97 Å². The van der Waals surface area contributed by atoms with Gasteiger partial charge in [0.25, 0.3) is 0 Å². The van der Waals surface area contributed by atoms with Gasteiger partial charge in [0.1, 0.15) is 0 Å². The first kappa shape index (κ1) is 12.3. The quantitative estimate of drug-likeness (QED) is 0.664. The Morgan fingerprint density at radius 1 is 1.18 bits per heavy atom. The zero-order valence-electron chi connectivity index (χ0n) is 8.76. The summed E-state index contributed by atoms with van der Waals surface area (Å²) in [4.78, 5) is 12.5. The van der Waals surface area contributed by atoms with Gasteiger partial charge in [0.15, 0.2) is 0 Å². The normalized spacial score (nSPS) is 10.9. The molecular formula is C13H9IO2S. The molecule has 0 fully saturated rings. The Labute approximate surface area is 117 Å². The van der Waals surface area contributed by atoms with Gasteiger partial charge in [0.2, 0.25) is 0 Å². The average Bonchev–Trinajstić information content (AvgIpc) is 2.76. The first-order chi connectivity index (χ1) is 8.15. The molecule has 2 aromatic rings. The smallest absolute Gasteiger partial charge is 0.328 e. The van der Waals surface area contributed by atoms with Crippen LogP contribution < -0.4 is 0 Å². The van der Waals surface area contributed by atoms with E-state index in [0.717, 1.165) is 21.4 Å². The monoisotopic (exact) mass is 356 g/mol. The van der Waals surface area contributed by atoms with Crippen LogP contribution in [0.5, 0.6) is 0 Å². The molecule has 1 aromatic carbocycles. The van der Waals surface area contributed by atoms with Crippen LogP contribution in [0.2, 0.25) is 0 Å². The third-order valence-corrected chi connectivity index (χ3v) is 3.96. The van der Waals surface area contributed by atoms with Crippen molar-refractivity contribution in [1.82, 2.24) is 0 Å². The molecule has 1 heterocycles. The van der Waals surface area contributed by atoms with E-state index in [4.69, 9.17) is 5.11 Å². The van der Waals surface area contributed by atoms with Gasteiger partial charge in [-0.25, -0.2) is 4.79 Å². The van der Waals surface area contributed by atoms with E-state index in [1.807, 2.05) is 12.1 Å². The van der Waals surface area contributed by atoms with Crippen LogP contribution >= 0.6 is 33.9 Å². The van der Waals surface area contributed by atoms with Crippen LogP contribution in [0.1, 0.15) is 4.88 Å². The number of benzene rings is 1. The van der Waals surface area contributed by atoms with Crippen LogP contribution in [-0.2, 0) is 4.79 Å². The van der Waals surface area contributed by atoms with Crippen molar-refractivity contribution in [2.24, 2.45) is 0 Å². The summed E-state index contributed by atoms with van der Waals surface area (Å²) in [6, 6.07) is 12.2. The first-order valence-corrected chi connectivity index (χ1v) is 6.81. The van der Waals surface area contributed by atoms with Crippen LogP contribution in [0.3, 0.4) is 0 Å². The van der Waals surface area contributed by atoms with Crippen LogP contribution in [0.25, 0.3) is 16.5 Å². The molecule has 86 valence electrons. The zero-order chi connectivity index (χ0) is 12.3. The summed E-state index contributed by atoms with van der Waals surface area (Å²) < 4.78 is 1.20. The molecule has 0 aliphatic rings. The second kappa shape index (κ2) is 5.46. The van der Waals surface area contributed by atoms with Gasteiger partial charge in [-0.15, -0.1) is 11.3 Å². The Kier molecular flexibility index (Phi) is 3.96. The molecule has 2 nitrogen and oxygen atoms in total. The van der Waals surface area contributed by atoms with Gasteiger partial charge < -0.3 is 5.11 Å². The van der Waals surface area contributed by atoms with E-state index in [2.05, 4.69) is 46.9 Å². The Balaban J connectivity index is 2.23. The van der Waals surface area contributed by atoms with E-state index >= 15 is 0 Å². The lowest BCUT2D eigenvalue weighted by atomic mass is 10.2. The van der Waals surface area contributed by atoms with Crippen molar-refractivity contribution >= 4 is 46.0 Å². The molecular weight excluding hydrogens is 347 g/mol. The van der Waals surface area contributed by atoms with Crippen LogP contribution in [0.4, 0.5) is 0 Å². The molecule has 0 bridgehead atoms. The number of aliphatic carboxylic acids is 1. The van der Waals surface area contributed by atoms with E-state index in [0.29, 0.717) is 0 Å². The minimum Gasteiger partial charge on any atom is -0.478 e. The van der Waals surface area contributed by atoms with Crippen molar-refractivity contribution in [3.05, 3.63) is 50.9 Å². The number of hydrogen-bond donors (Lipinski definition) is 1. The van der Waals surface area contributed by atoms with E-state index in [-0.39, 0.29) is 0 Å². The standard InChI is InChI=1S/C13H9IO2S/c14-10-3-1-9(2-4-10)12-7-5-11(17-12)6-8-13(15)16/h1-8H,(H,15,16)/b8-6+. The van der Waals surface area contributed by atoms with Crippen molar-refractivity contribution in [2.75, 3.05) is 0 Å². The number of rotatable bonds is 3. The summed E-state index contributed by atoms with van der Waals surface area (Å²) in [6.45, 7) is 0. The molecule has 0 aliphatic carbocycles. The SMILES string of the molecule is O=C(O)/C=C/c1ccc(-c2ccc(I)cc2)s1. The molecule has 0 atom stereocenters. The predicted molar refractivity (Wildman–Crippen MR) is 79.1 cm³/mol. The molecule has 0 radical (unpaired) electrons. The van der Waals surface area contributed by atoms with Gasteiger partial charge in [-0.3, -0.25) is 0 Å². The van der Waals surface area contributed by atoms with Gasteiger partial charge in [0, 0.05) is 19.4 Å². The summed E-state index contributed by atoms with van der Waals surface area (Å²) in [5, 5.41) is 8.55. The molecule has 1 N–H and O–H groups in total. The first-order valence-electron chi connectivity index (χ1n) is 4.92. The zero-order valence-corrected chi connectivity index (χ0v) is 11.7. The fourth-order valence-electron chi connectivity index (χ4n) is 1.37. The second-order valence-electron chi connectivity index (χ2n) is 3.38. The summed E-state index contributed by atoms with van der Waals surface area (Å²) in [7, 11) is 0. The number of halogens is 1. The molecule has 4 heteroatoms. The van der Waals surface area contributed by atoms with Crippen molar-refractivity contribution in [3.63, 3.8) is 0 Å². The topological polar surface area (TPSA) is 37.3 Å².